The van der Waals surface area contributed by atoms with Crippen LogP contribution in [0.15, 0.2) is 48.5 Å². The Hall–Kier alpha value is -3.42. The molecule has 0 saturated heterocycles. The van der Waals surface area contributed by atoms with Gasteiger partial charge in [0.25, 0.3) is 0 Å². The second kappa shape index (κ2) is 13.1. The number of methoxy groups -OCH3 is 1. The van der Waals surface area contributed by atoms with Crippen molar-refractivity contribution in [2.24, 2.45) is 0 Å². The molecule has 0 fully saturated rings. The molecular formula is C24H30FN3O4. The highest BCUT2D eigenvalue weighted by Crippen LogP contribution is 2.14. The van der Waals surface area contributed by atoms with Crippen molar-refractivity contribution in [3.63, 3.8) is 0 Å². The van der Waals surface area contributed by atoms with Crippen LogP contribution in [0.2, 0.25) is 0 Å². The van der Waals surface area contributed by atoms with Crippen molar-refractivity contribution < 1.29 is 23.5 Å². The summed E-state index contributed by atoms with van der Waals surface area (Å²) in [6, 6.07) is 12.6. The lowest BCUT2D eigenvalue weighted by Gasteiger charge is -2.22. The number of halogens is 1. The van der Waals surface area contributed by atoms with E-state index in [1.165, 1.54) is 17.0 Å². The first-order chi connectivity index (χ1) is 15.4. The summed E-state index contributed by atoms with van der Waals surface area (Å²) in [4.78, 5) is 38.6. The van der Waals surface area contributed by atoms with Crippen LogP contribution in [0, 0.1) is 5.82 Å². The van der Waals surface area contributed by atoms with E-state index < -0.39 is 5.91 Å². The van der Waals surface area contributed by atoms with Crippen LogP contribution in [0.25, 0.3) is 0 Å². The van der Waals surface area contributed by atoms with Crippen molar-refractivity contribution in [2.45, 2.75) is 39.2 Å². The monoisotopic (exact) mass is 443 g/mol. The van der Waals surface area contributed by atoms with E-state index in [1.54, 1.807) is 43.5 Å². The smallest absolute Gasteiger partial charge is 0.243 e. The van der Waals surface area contributed by atoms with Crippen molar-refractivity contribution in [2.75, 3.05) is 25.5 Å². The lowest BCUT2D eigenvalue weighted by Crippen LogP contribution is -2.42. The molecule has 0 radical (unpaired) electrons. The van der Waals surface area contributed by atoms with Crippen LogP contribution in [-0.2, 0) is 20.9 Å². The van der Waals surface area contributed by atoms with Gasteiger partial charge in [-0.3, -0.25) is 14.4 Å². The first kappa shape index (κ1) is 24.8. The van der Waals surface area contributed by atoms with Crippen LogP contribution in [0.4, 0.5) is 10.1 Å². The second-order valence-corrected chi connectivity index (χ2v) is 7.39. The molecule has 2 N–H and O–H groups in total. The third-order valence-electron chi connectivity index (χ3n) is 4.79. The average Bonchev–Trinajstić information content (AvgIpc) is 2.79. The standard InChI is InChI=1S/C24H30FN3O4/c1-3-4-5-6-24(31)28(16-18-7-9-19(25)10-8-18)17-23(30)26-15-22(29)27-20-11-13-21(32-2)14-12-20/h7-14H,3-6,15-17H2,1-2H3,(H,26,30)(H,27,29). The Kier molecular flexibility index (Phi) is 10.2. The SMILES string of the molecule is CCCCCC(=O)N(CC(=O)NCC(=O)Nc1ccc(OC)cc1)Cc1ccc(F)cc1. The molecule has 0 saturated carbocycles. The fourth-order valence-corrected chi connectivity index (χ4v) is 3.01. The highest BCUT2D eigenvalue weighted by molar-refractivity contribution is 5.95. The van der Waals surface area contributed by atoms with Gasteiger partial charge in [0.15, 0.2) is 0 Å². The number of carbonyl (C=O) groups is 3. The van der Waals surface area contributed by atoms with Gasteiger partial charge >= 0.3 is 0 Å². The highest BCUT2D eigenvalue weighted by Gasteiger charge is 2.18. The fourth-order valence-electron chi connectivity index (χ4n) is 3.01. The zero-order valence-corrected chi connectivity index (χ0v) is 18.5. The van der Waals surface area contributed by atoms with Gasteiger partial charge in [-0.25, -0.2) is 4.39 Å². The number of hydrogen-bond acceptors (Lipinski definition) is 4. The van der Waals surface area contributed by atoms with Crippen LogP contribution in [0.1, 0.15) is 38.2 Å². The summed E-state index contributed by atoms with van der Waals surface area (Å²) in [5, 5.41) is 5.22. The maximum Gasteiger partial charge on any atom is 0.243 e. The topological polar surface area (TPSA) is 87.7 Å². The van der Waals surface area contributed by atoms with E-state index in [0.717, 1.165) is 24.8 Å². The molecule has 0 aromatic heterocycles. The maximum atomic E-state index is 13.2. The summed E-state index contributed by atoms with van der Waals surface area (Å²) in [6.07, 6.45) is 2.98. The Morgan fingerprint density at radius 1 is 0.969 bits per heavy atom. The molecule has 2 aromatic carbocycles. The number of hydrogen-bond donors (Lipinski definition) is 2. The molecule has 172 valence electrons. The second-order valence-electron chi connectivity index (χ2n) is 7.39. The molecule has 0 atom stereocenters. The number of nitrogens with one attached hydrogen (secondary N) is 2. The number of benzene rings is 2. The molecule has 7 nitrogen and oxygen atoms in total. The van der Waals surface area contributed by atoms with Gasteiger partial charge in [0.1, 0.15) is 11.6 Å². The van der Waals surface area contributed by atoms with Gasteiger partial charge in [-0.05, 0) is 48.4 Å². The minimum atomic E-state index is -0.444. The van der Waals surface area contributed by atoms with Crippen LogP contribution < -0.4 is 15.4 Å². The van der Waals surface area contributed by atoms with Gasteiger partial charge in [0.2, 0.25) is 17.7 Å². The summed E-state index contributed by atoms with van der Waals surface area (Å²) in [5.41, 5.74) is 1.30. The summed E-state index contributed by atoms with van der Waals surface area (Å²) >= 11 is 0. The van der Waals surface area contributed by atoms with E-state index in [4.69, 9.17) is 4.74 Å². The third kappa shape index (κ3) is 8.75. The minimum absolute atomic E-state index is 0.152. The van der Waals surface area contributed by atoms with Gasteiger partial charge in [-0.2, -0.15) is 0 Å². The highest BCUT2D eigenvalue weighted by atomic mass is 19.1. The molecule has 32 heavy (non-hydrogen) atoms. The zero-order chi connectivity index (χ0) is 23.3. The lowest BCUT2D eigenvalue weighted by molar-refractivity contribution is -0.137. The third-order valence-corrected chi connectivity index (χ3v) is 4.79. The molecule has 0 bridgehead atoms. The molecule has 0 aliphatic rings. The van der Waals surface area contributed by atoms with Crippen molar-refractivity contribution >= 4 is 23.4 Å². The number of ether oxygens (including phenoxy) is 1. The molecule has 8 heteroatoms. The predicted octanol–water partition coefficient (Wildman–Crippen LogP) is 3.50. The Labute approximate surface area is 187 Å². The Morgan fingerprint density at radius 2 is 1.66 bits per heavy atom. The van der Waals surface area contributed by atoms with E-state index in [1.807, 2.05) is 6.92 Å². The first-order valence-corrected chi connectivity index (χ1v) is 10.6. The van der Waals surface area contributed by atoms with E-state index >= 15 is 0 Å². The molecule has 0 aliphatic carbocycles. The van der Waals surface area contributed by atoms with Gasteiger partial charge in [0.05, 0.1) is 20.2 Å². The van der Waals surface area contributed by atoms with Gasteiger partial charge in [0, 0.05) is 18.7 Å². The Morgan fingerprint density at radius 3 is 2.28 bits per heavy atom. The molecule has 0 unspecified atom stereocenters. The zero-order valence-electron chi connectivity index (χ0n) is 18.5. The fraction of sp³-hybridized carbons (Fsp3) is 0.375. The first-order valence-electron chi connectivity index (χ1n) is 10.6. The molecule has 0 heterocycles. The summed E-state index contributed by atoms with van der Waals surface area (Å²) in [6.45, 7) is 1.83. The van der Waals surface area contributed by atoms with Gasteiger partial charge in [-0.15, -0.1) is 0 Å². The van der Waals surface area contributed by atoms with E-state index in [2.05, 4.69) is 10.6 Å². The van der Waals surface area contributed by atoms with Crippen LogP contribution in [-0.4, -0.2) is 42.8 Å². The number of unbranched alkanes of at least 4 members (excludes halogenated alkanes) is 2. The molecule has 2 rings (SSSR count). The number of rotatable bonds is 12. The van der Waals surface area contributed by atoms with Crippen molar-refractivity contribution in [1.82, 2.24) is 10.2 Å². The van der Waals surface area contributed by atoms with Crippen molar-refractivity contribution in [1.29, 1.82) is 0 Å². The molecule has 0 aliphatic heterocycles. The van der Waals surface area contributed by atoms with E-state index in [0.29, 0.717) is 17.9 Å². The quantitative estimate of drug-likeness (QED) is 0.492. The van der Waals surface area contributed by atoms with Crippen molar-refractivity contribution in [3.8, 4) is 5.75 Å². The largest absolute Gasteiger partial charge is 0.497 e. The van der Waals surface area contributed by atoms with Crippen LogP contribution >= 0.6 is 0 Å². The van der Waals surface area contributed by atoms with Crippen LogP contribution in [0.5, 0.6) is 5.75 Å². The lowest BCUT2D eigenvalue weighted by atomic mass is 10.1. The van der Waals surface area contributed by atoms with E-state index in [9.17, 15) is 18.8 Å². The minimum Gasteiger partial charge on any atom is -0.497 e. The van der Waals surface area contributed by atoms with Crippen molar-refractivity contribution in [3.05, 3.63) is 59.9 Å². The molecular weight excluding hydrogens is 413 g/mol. The molecule has 3 amide bonds. The number of nitrogens with zero attached hydrogens (tertiary/aromatic N) is 1. The molecule has 2 aromatic rings. The Balaban J connectivity index is 1.89. The average molecular weight is 444 g/mol. The normalized spacial score (nSPS) is 10.3. The summed E-state index contributed by atoms with van der Waals surface area (Å²) in [5.74, 6) is -0.680. The van der Waals surface area contributed by atoms with Gasteiger partial charge < -0.3 is 20.3 Å². The molecule has 0 spiro atoms. The summed E-state index contributed by atoms with van der Waals surface area (Å²) < 4.78 is 18.2. The van der Waals surface area contributed by atoms with Crippen LogP contribution in [0.3, 0.4) is 0 Å². The number of carbonyl (C=O) groups excluding carboxylic acids is 3. The Bertz CT molecular complexity index is 885. The number of amides is 3. The summed E-state index contributed by atoms with van der Waals surface area (Å²) in [7, 11) is 1.55. The maximum absolute atomic E-state index is 13.2. The van der Waals surface area contributed by atoms with Gasteiger partial charge in [-0.1, -0.05) is 31.9 Å². The number of anilines is 1. The van der Waals surface area contributed by atoms with E-state index in [-0.39, 0.29) is 37.3 Å². The predicted molar refractivity (Wildman–Crippen MR) is 121 cm³/mol.